The maximum Gasteiger partial charge on any atom is 0.148 e. The molecule has 0 aliphatic heterocycles. The fourth-order valence-corrected chi connectivity index (χ4v) is 4.00. The second-order valence-corrected chi connectivity index (χ2v) is 7.52. The van der Waals surface area contributed by atoms with Crippen LogP contribution in [0.4, 0.5) is 5.82 Å². The molecule has 3 heterocycles. The summed E-state index contributed by atoms with van der Waals surface area (Å²) in [5.41, 5.74) is 3.88. The number of pyridine rings is 1. The summed E-state index contributed by atoms with van der Waals surface area (Å²) < 4.78 is 5.54. The highest BCUT2D eigenvalue weighted by Crippen LogP contribution is 2.46. The van der Waals surface area contributed by atoms with Gasteiger partial charge in [0.1, 0.15) is 11.6 Å². The van der Waals surface area contributed by atoms with Crippen molar-refractivity contribution >= 4 is 16.7 Å². The number of nitrogens with zero attached hydrogens (tertiary/aromatic N) is 4. The maximum atomic E-state index is 5.54. The largest absolute Gasteiger partial charge is 0.495 e. The first kappa shape index (κ1) is 17.6. The van der Waals surface area contributed by atoms with Gasteiger partial charge in [-0.05, 0) is 49.2 Å². The number of methoxy groups -OCH3 is 1. The second-order valence-electron chi connectivity index (χ2n) is 7.52. The number of nitrogens with one attached hydrogen (secondary N) is 2. The molecule has 1 saturated carbocycles. The lowest BCUT2D eigenvalue weighted by Crippen LogP contribution is -2.42. The van der Waals surface area contributed by atoms with Crippen LogP contribution in [0.2, 0.25) is 0 Å². The maximum absolute atomic E-state index is 5.54. The number of hydrogen-bond donors (Lipinski definition) is 2. The Balaban J connectivity index is 1.33. The molecule has 1 fully saturated rings. The Hall–Kier alpha value is -3.48. The first-order valence-electron chi connectivity index (χ1n) is 9.78. The smallest absolute Gasteiger partial charge is 0.148 e. The van der Waals surface area contributed by atoms with Crippen molar-refractivity contribution < 1.29 is 4.74 Å². The molecule has 0 atom stereocenters. The number of benzene rings is 1. The summed E-state index contributed by atoms with van der Waals surface area (Å²) in [4.78, 5) is 4.62. The van der Waals surface area contributed by atoms with E-state index in [4.69, 9.17) is 4.74 Å². The third-order valence-electron chi connectivity index (χ3n) is 5.81. The summed E-state index contributed by atoms with van der Waals surface area (Å²) >= 11 is 0. The minimum absolute atomic E-state index is 0.0146. The molecule has 3 aromatic heterocycles. The molecule has 0 amide bonds. The van der Waals surface area contributed by atoms with Crippen molar-refractivity contribution in [1.29, 1.82) is 0 Å². The second kappa shape index (κ2) is 7.16. The van der Waals surface area contributed by atoms with Crippen LogP contribution in [-0.4, -0.2) is 39.0 Å². The van der Waals surface area contributed by atoms with Crippen molar-refractivity contribution in [2.75, 3.05) is 19.0 Å². The van der Waals surface area contributed by atoms with Crippen molar-refractivity contribution in [2.24, 2.45) is 0 Å². The standard InChI is InChI=1S/C22H22N6O/c1-29-19-4-2-11-23-21(19)22(9-3-10-22)14-24-20-8-7-17(27-28-20)15-5-6-18-16(12-15)13-25-26-18/h2,4-8,11-13H,3,9-10,14H2,1H3,(H,24,28)(H,25,26). The molecule has 0 unspecified atom stereocenters. The molecular formula is C22H22N6O. The van der Waals surface area contributed by atoms with Crippen LogP contribution in [0.5, 0.6) is 5.75 Å². The zero-order valence-electron chi connectivity index (χ0n) is 16.2. The molecule has 1 aliphatic carbocycles. The molecule has 1 aromatic carbocycles. The lowest BCUT2D eigenvalue weighted by molar-refractivity contribution is 0.242. The number of hydrogen-bond acceptors (Lipinski definition) is 6. The van der Waals surface area contributed by atoms with Crippen molar-refractivity contribution in [2.45, 2.75) is 24.7 Å². The van der Waals surface area contributed by atoms with E-state index in [1.165, 1.54) is 6.42 Å². The Morgan fingerprint density at radius 1 is 1.14 bits per heavy atom. The fourth-order valence-electron chi connectivity index (χ4n) is 4.00. The van der Waals surface area contributed by atoms with Gasteiger partial charge in [-0.2, -0.15) is 5.10 Å². The summed E-state index contributed by atoms with van der Waals surface area (Å²) in [5, 5.41) is 20.3. The van der Waals surface area contributed by atoms with Crippen molar-refractivity contribution in [3.8, 4) is 17.0 Å². The molecule has 0 spiro atoms. The average molecular weight is 386 g/mol. The van der Waals surface area contributed by atoms with E-state index in [2.05, 4.69) is 36.8 Å². The lowest BCUT2D eigenvalue weighted by Gasteiger charge is -2.42. The van der Waals surface area contributed by atoms with E-state index in [9.17, 15) is 0 Å². The first-order valence-corrected chi connectivity index (χ1v) is 9.78. The van der Waals surface area contributed by atoms with E-state index in [0.717, 1.165) is 58.8 Å². The van der Waals surface area contributed by atoms with Crippen LogP contribution >= 0.6 is 0 Å². The van der Waals surface area contributed by atoms with Gasteiger partial charge in [-0.25, -0.2) is 0 Å². The van der Waals surface area contributed by atoms with E-state index in [-0.39, 0.29) is 5.41 Å². The van der Waals surface area contributed by atoms with Gasteiger partial charge in [-0.3, -0.25) is 10.1 Å². The highest BCUT2D eigenvalue weighted by Gasteiger charge is 2.42. The lowest BCUT2D eigenvalue weighted by atomic mass is 9.66. The number of H-pyrrole nitrogens is 1. The van der Waals surface area contributed by atoms with Gasteiger partial charge in [0.15, 0.2) is 0 Å². The quantitative estimate of drug-likeness (QED) is 0.521. The third-order valence-corrected chi connectivity index (χ3v) is 5.81. The molecule has 0 bridgehead atoms. The van der Waals surface area contributed by atoms with Crippen LogP contribution in [-0.2, 0) is 5.41 Å². The Morgan fingerprint density at radius 3 is 2.83 bits per heavy atom. The van der Waals surface area contributed by atoms with Crippen molar-refractivity contribution in [3.63, 3.8) is 0 Å². The molecule has 5 rings (SSSR count). The van der Waals surface area contributed by atoms with E-state index in [0.29, 0.717) is 0 Å². The van der Waals surface area contributed by atoms with Gasteiger partial charge in [0, 0.05) is 29.1 Å². The van der Waals surface area contributed by atoms with Gasteiger partial charge in [0.25, 0.3) is 0 Å². The molecule has 2 N–H and O–H groups in total. The van der Waals surface area contributed by atoms with Gasteiger partial charge in [0.05, 0.1) is 30.2 Å². The van der Waals surface area contributed by atoms with Crippen LogP contribution in [0.15, 0.2) is 54.9 Å². The number of aromatic amines is 1. The zero-order valence-corrected chi connectivity index (χ0v) is 16.2. The predicted molar refractivity (Wildman–Crippen MR) is 112 cm³/mol. The van der Waals surface area contributed by atoms with Gasteiger partial charge in [0.2, 0.25) is 0 Å². The topological polar surface area (TPSA) is 88.6 Å². The third kappa shape index (κ3) is 3.18. The molecule has 0 saturated heterocycles. The SMILES string of the molecule is COc1cccnc1C1(CNc2ccc(-c3ccc4[nH]ncc4c3)nn2)CCC1. The Morgan fingerprint density at radius 2 is 2.07 bits per heavy atom. The molecule has 4 aromatic rings. The summed E-state index contributed by atoms with van der Waals surface area (Å²) in [6.45, 7) is 0.759. The molecule has 0 radical (unpaired) electrons. The van der Waals surface area contributed by atoms with E-state index in [1.54, 1.807) is 7.11 Å². The fraction of sp³-hybridized carbons (Fsp3) is 0.273. The van der Waals surface area contributed by atoms with E-state index < -0.39 is 0 Å². The van der Waals surface area contributed by atoms with Crippen molar-refractivity contribution in [1.82, 2.24) is 25.4 Å². The number of rotatable bonds is 6. The van der Waals surface area contributed by atoms with Gasteiger partial charge in [-0.1, -0.05) is 12.5 Å². The Kier molecular flexibility index (Phi) is 4.35. The van der Waals surface area contributed by atoms with Gasteiger partial charge in [-0.15, -0.1) is 10.2 Å². The first-order chi connectivity index (χ1) is 14.3. The predicted octanol–water partition coefficient (Wildman–Crippen LogP) is 3.96. The molecule has 1 aliphatic rings. The minimum atomic E-state index is -0.0146. The monoisotopic (exact) mass is 386 g/mol. The number of aromatic nitrogens is 5. The van der Waals surface area contributed by atoms with Crippen LogP contribution in [0.25, 0.3) is 22.2 Å². The summed E-state index contributed by atoms with van der Waals surface area (Å²) in [6, 6.07) is 13.9. The molecule has 7 heteroatoms. The normalized spacial score (nSPS) is 15.1. The zero-order chi connectivity index (χ0) is 19.7. The highest BCUT2D eigenvalue weighted by molar-refractivity contribution is 5.83. The van der Waals surface area contributed by atoms with Crippen LogP contribution in [0.1, 0.15) is 25.0 Å². The molecule has 7 nitrogen and oxygen atoms in total. The summed E-state index contributed by atoms with van der Waals surface area (Å²) in [5.74, 6) is 1.62. The van der Waals surface area contributed by atoms with Gasteiger partial charge >= 0.3 is 0 Å². The Bertz CT molecular complexity index is 1130. The van der Waals surface area contributed by atoms with Crippen LogP contribution in [0, 0.1) is 0 Å². The van der Waals surface area contributed by atoms with E-state index >= 15 is 0 Å². The average Bonchev–Trinajstić information content (AvgIpc) is 3.22. The highest BCUT2D eigenvalue weighted by atomic mass is 16.5. The molecule has 146 valence electrons. The number of anilines is 1. The Labute approximate surface area is 168 Å². The molecule has 29 heavy (non-hydrogen) atoms. The van der Waals surface area contributed by atoms with Gasteiger partial charge < -0.3 is 10.1 Å². The number of fused-ring (bicyclic) bond motifs is 1. The summed E-state index contributed by atoms with van der Waals surface area (Å²) in [6.07, 6.45) is 7.02. The summed E-state index contributed by atoms with van der Waals surface area (Å²) in [7, 11) is 1.70. The van der Waals surface area contributed by atoms with E-state index in [1.807, 2.05) is 48.8 Å². The number of ether oxygens (including phenoxy) is 1. The molecular weight excluding hydrogens is 364 g/mol. The van der Waals surface area contributed by atoms with Crippen LogP contribution < -0.4 is 10.1 Å². The van der Waals surface area contributed by atoms with Crippen molar-refractivity contribution in [3.05, 3.63) is 60.6 Å². The van der Waals surface area contributed by atoms with Crippen LogP contribution in [0.3, 0.4) is 0 Å². The minimum Gasteiger partial charge on any atom is -0.495 e.